The first-order valence-electron chi connectivity index (χ1n) is 6.49. The second kappa shape index (κ2) is 4.53. The summed E-state index contributed by atoms with van der Waals surface area (Å²) in [6.45, 7) is 1.77. The van der Waals surface area contributed by atoms with Gasteiger partial charge in [0.05, 0.1) is 0 Å². The summed E-state index contributed by atoms with van der Waals surface area (Å²) in [6.07, 6.45) is 0.373. The van der Waals surface area contributed by atoms with Crippen molar-refractivity contribution in [2.45, 2.75) is 13.3 Å². The van der Waals surface area contributed by atoms with Gasteiger partial charge in [-0.1, -0.05) is 37.3 Å². The van der Waals surface area contributed by atoms with Gasteiger partial charge in [-0.2, -0.15) is 0 Å². The van der Waals surface area contributed by atoms with Crippen molar-refractivity contribution in [1.29, 1.82) is 0 Å². The van der Waals surface area contributed by atoms with Crippen LogP contribution in [-0.4, -0.2) is 17.3 Å². The number of hydrogen-bond donors (Lipinski definition) is 0. The Kier molecular flexibility index (Phi) is 2.83. The van der Waals surface area contributed by atoms with Crippen LogP contribution in [0.3, 0.4) is 0 Å². The SMILES string of the molecule is CCC(=O)c1ccc2c(c1)C(=O)c1ccccc1C2=O. The fourth-order valence-corrected chi connectivity index (χ4v) is 2.48. The molecule has 0 aromatic heterocycles. The van der Waals surface area contributed by atoms with E-state index in [-0.39, 0.29) is 17.3 Å². The molecule has 0 atom stereocenters. The molecule has 3 rings (SSSR count). The van der Waals surface area contributed by atoms with Gasteiger partial charge in [0.2, 0.25) is 0 Å². The summed E-state index contributed by atoms with van der Waals surface area (Å²) in [7, 11) is 0. The van der Waals surface area contributed by atoms with Crippen LogP contribution < -0.4 is 0 Å². The molecule has 1 aliphatic rings. The first-order chi connectivity index (χ1) is 9.63. The van der Waals surface area contributed by atoms with E-state index in [9.17, 15) is 14.4 Å². The molecular formula is C17H12O3. The van der Waals surface area contributed by atoms with Gasteiger partial charge < -0.3 is 0 Å². The van der Waals surface area contributed by atoms with Gasteiger partial charge in [-0.25, -0.2) is 0 Å². The van der Waals surface area contributed by atoms with Crippen molar-refractivity contribution in [3.63, 3.8) is 0 Å². The van der Waals surface area contributed by atoms with E-state index in [0.29, 0.717) is 34.2 Å². The van der Waals surface area contributed by atoms with Crippen LogP contribution >= 0.6 is 0 Å². The van der Waals surface area contributed by atoms with Crippen LogP contribution in [-0.2, 0) is 0 Å². The van der Waals surface area contributed by atoms with Crippen molar-refractivity contribution in [3.8, 4) is 0 Å². The van der Waals surface area contributed by atoms with Gasteiger partial charge in [-0.3, -0.25) is 14.4 Å². The van der Waals surface area contributed by atoms with Gasteiger partial charge in [0.15, 0.2) is 17.3 Å². The van der Waals surface area contributed by atoms with Crippen LogP contribution in [0.15, 0.2) is 42.5 Å². The second-order valence-corrected chi connectivity index (χ2v) is 4.74. The van der Waals surface area contributed by atoms with Crippen molar-refractivity contribution in [3.05, 3.63) is 70.3 Å². The molecule has 2 aromatic carbocycles. The normalized spacial score (nSPS) is 12.8. The van der Waals surface area contributed by atoms with E-state index in [1.54, 1.807) is 43.3 Å². The zero-order valence-electron chi connectivity index (χ0n) is 11.0. The lowest BCUT2D eigenvalue weighted by Crippen LogP contribution is -2.21. The molecule has 0 aliphatic heterocycles. The maximum Gasteiger partial charge on any atom is 0.194 e. The molecule has 98 valence electrons. The maximum absolute atomic E-state index is 12.5. The van der Waals surface area contributed by atoms with E-state index in [1.165, 1.54) is 6.07 Å². The Balaban J connectivity index is 2.21. The molecule has 0 bridgehead atoms. The van der Waals surface area contributed by atoms with Gasteiger partial charge in [0.1, 0.15) is 0 Å². The van der Waals surface area contributed by atoms with Crippen molar-refractivity contribution in [2.75, 3.05) is 0 Å². The number of rotatable bonds is 2. The monoisotopic (exact) mass is 264 g/mol. The summed E-state index contributed by atoms with van der Waals surface area (Å²) in [5, 5.41) is 0. The van der Waals surface area contributed by atoms with Crippen molar-refractivity contribution < 1.29 is 14.4 Å². The van der Waals surface area contributed by atoms with Gasteiger partial charge in [0, 0.05) is 34.2 Å². The lowest BCUT2D eigenvalue weighted by Gasteiger charge is -2.17. The quantitative estimate of drug-likeness (QED) is 0.668. The van der Waals surface area contributed by atoms with E-state index in [4.69, 9.17) is 0 Å². The van der Waals surface area contributed by atoms with Gasteiger partial charge in [-0.15, -0.1) is 0 Å². The van der Waals surface area contributed by atoms with Gasteiger partial charge in [0.25, 0.3) is 0 Å². The maximum atomic E-state index is 12.5. The average Bonchev–Trinajstić information content (AvgIpc) is 2.51. The highest BCUT2D eigenvalue weighted by atomic mass is 16.1. The standard InChI is InChI=1S/C17H12O3/c1-2-15(18)10-7-8-13-14(9-10)17(20)12-6-4-3-5-11(12)16(13)19/h3-9H,2H2,1H3. The summed E-state index contributed by atoms with van der Waals surface area (Å²) >= 11 is 0. The molecule has 0 N–H and O–H groups in total. The number of ketones is 3. The summed E-state index contributed by atoms with van der Waals surface area (Å²) in [6, 6.07) is 11.5. The first kappa shape index (κ1) is 12.5. The van der Waals surface area contributed by atoms with Crippen LogP contribution in [0.1, 0.15) is 55.5 Å². The lowest BCUT2D eigenvalue weighted by molar-refractivity contribution is 0.0974. The lowest BCUT2D eigenvalue weighted by atomic mass is 9.83. The highest BCUT2D eigenvalue weighted by molar-refractivity contribution is 6.28. The third-order valence-corrected chi connectivity index (χ3v) is 3.57. The molecule has 0 amide bonds. The predicted octanol–water partition coefficient (Wildman–Crippen LogP) is 3.05. The Morgan fingerprint density at radius 1 is 0.850 bits per heavy atom. The third kappa shape index (κ3) is 1.71. The van der Waals surface area contributed by atoms with Crippen LogP contribution in [0.5, 0.6) is 0 Å². The fraction of sp³-hybridized carbons (Fsp3) is 0.118. The Bertz CT molecular complexity index is 757. The second-order valence-electron chi connectivity index (χ2n) is 4.74. The summed E-state index contributed by atoms with van der Waals surface area (Å²) in [5.74, 6) is -0.390. The van der Waals surface area contributed by atoms with Crippen LogP contribution in [0.4, 0.5) is 0 Å². The Hall–Kier alpha value is -2.55. The number of Topliss-reactive ketones (excluding diaryl/α,β-unsaturated/α-hetero) is 1. The fourth-order valence-electron chi connectivity index (χ4n) is 2.48. The first-order valence-corrected chi connectivity index (χ1v) is 6.49. The summed E-state index contributed by atoms with van der Waals surface area (Å²) in [4.78, 5) is 36.6. The molecule has 0 heterocycles. The number of fused-ring (bicyclic) bond motifs is 2. The van der Waals surface area contributed by atoms with Crippen LogP contribution in [0, 0.1) is 0 Å². The Morgan fingerprint density at radius 2 is 1.40 bits per heavy atom. The molecule has 3 heteroatoms. The molecule has 3 nitrogen and oxygen atoms in total. The Morgan fingerprint density at radius 3 is 2.00 bits per heavy atom. The van der Waals surface area contributed by atoms with E-state index in [1.807, 2.05) is 0 Å². The van der Waals surface area contributed by atoms with E-state index < -0.39 is 0 Å². The zero-order chi connectivity index (χ0) is 14.3. The van der Waals surface area contributed by atoms with Crippen molar-refractivity contribution >= 4 is 17.3 Å². The largest absolute Gasteiger partial charge is 0.294 e. The number of carbonyl (C=O) groups excluding carboxylic acids is 3. The van der Waals surface area contributed by atoms with E-state index >= 15 is 0 Å². The zero-order valence-corrected chi connectivity index (χ0v) is 11.0. The van der Waals surface area contributed by atoms with E-state index in [0.717, 1.165) is 0 Å². The predicted molar refractivity (Wildman–Crippen MR) is 74.4 cm³/mol. The van der Waals surface area contributed by atoms with Gasteiger partial charge in [-0.05, 0) is 12.1 Å². The minimum Gasteiger partial charge on any atom is -0.294 e. The minimum absolute atomic E-state index is 0.0353. The summed E-state index contributed by atoms with van der Waals surface area (Å²) in [5.41, 5.74) is 2.02. The summed E-state index contributed by atoms with van der Waals surface area (Å²) < 4.78 is 0. The van der Waals surface area contributed by atoms with Crippen molar-refractivity contribution in [1.82, 2.24) is 0 Å². The molecule has 0 spiro atoms. The highest BCUT2D eigenvalue weighted by Crippen LogP contribution is 2.28. The molecular weight excluding hydrogens is 252 g/mol. The number of carbonyl (C=O) groups is 3. The molecule has 0 saturated carbocycles. The number of hydrogen-bond acceptors (Lipinski definition) is 3. The van der Waals surface area contributed by atoms with E-state index in [2.05, 4.69) is 0 Å². The third-order valence-electron chi connectivity index (χ3n) is 3.57. The molecule has 0 fully saturated rings. The van der Waals surface area contributed by atoms with Crippen molar-refractivity contribution in [2.24, 2.45) is 0 Å². The molecule has 2 aromatic rings. The number of benzene rings is 2. The molecule has 0 saturated heterocycles. The van der Waals surface area contributed by atoms with Crippen LogP contribution in [0.25, 0.3) is 0 Å². The molecule has 0 radical (unpaired) electrons. The van der Waals surface area contributed by atoms with Gasteiger partial charge >= 0.3 is 0 Å². The average molecular weight is 264 g/mol. The van der Waals surface area contributed by atoms with Crippen LogP contribution in [0.2, 0.25) is 0 Å². The minimum atomic E-state index is -0.194. The topological polar surface area (TPSA) is 51.2 Å². The molecule has 0 unspecified atom stereocenters. The molecule has 20 heavy (non-hydrogen) atoms. The molecule has 1 aliphatic carbocycles. The smallest absolute Gasteiger partial charge is 0.194 e. The highest BCUT2D eigenvalue weighted by Gasteiger charge is 2.29. The Labute approximate surface area is 116 Å².